The highest BCUT2D eigenvalue weighted by molar-refractivity contribution is 6.23. The Morgan fingerprint density at radius 2 is 1.45 bits per heavy atom. The van der Waals surface area contributed by atoms with Gasteiger partial charge in [-0.25, -0.2) is 0 Å². The first-order valence-corrected chi connectivity index (χ1v) is 10.1. The van der Waals surface area contributed by atoms with E-state index in [9.17, 15) is 14.4 Å². The van der Waals surface area contributed by atoms with E-state index in [1.165, 1.54) is 0 Å². The molecule has 0 aromatic heterocycles. The summed E-state index contributed by atoms with van der Waals surface area (Å²) in [6.45, 7) is 2.44. The largest absolute Gasteiger partial charge is 0.494 e. The molecular formula is C25H22N2O4. The molecule has 0 fully saturated rings. The Balaban J connectivity index is 1.62. The number of imide groups is 1. The van der Waals surface area contributed by atoms with Crippen LogP contribution in [0.2, 0.25) is 0 Å². The van der Waals surface area contributed by atoms with Crippen molar-refractivity contribution < 1.29 is 19.1 Å². The van der Waals surface area contributed by atoms with Crippen LogP contribution in [0.25, 0.3) is 0 Å². The molecular weight excluding hydrogens is 392 g/mol. The van der Waals surface area contributed by atoms with Gasteiger partial charge in [-0.1, -0.05) is 42.5 Å². The fourth-order valence-electron chi connectivity index (χ4n) is 3.66. The molecule has 0 unspecified atom stereocenters. The van der Waals surface area contributed by atoms with Crippen LogP contribution in [-0.4, -0.2) is 35.3 Å². The van der Waals surface area contributed by atoms with Gasteiger partial charge in [-0.05, 0) is 48.9 Å². The lowest BCUT2D eigenvalue weighted by Crippen LogP contribution is -2.48. The van der Waals surface area contributed by atoms with Gasteiger partial charge in [0, 0.05) is 12.1 Å². The molecule has 31 heavy (non-hydrogen) atoms. The Kier molecular flexibility index (Phi) is 5.80. The average Bonchev–Trinajstić information content (AvgIpc) is 3.05. The normalized spacial score (nSPS) is 13.6. The van der Waals surface area contributed by atoms with Crippen LogP contribution in [0.5, 0.6) is 5.75 Å². The van der Waals surface area contributed by atoms with Crippen LogP contribution in [-0.2, 0) is 11.2 Å². The molecule has 1 aliphatic rings. The second kappa shape index (κ2) is 8.83. The Bertz CT molecular complexity index is 1070. The van der Waals surface area contributed by atoms with Gasteiger partial charge in [0.15, 0.2) is 0 Å². The van der Waals surface area contributed by atoms with Crippen molar-refractivity contribution in [3.8, 4) is 5.75 Å². The zero-order valence-corrected chi connectivity index (χ0v) is 17.1. The topological polar surface area (TPSA) is 75.7 Å². The van der Waals surface area contributed by atoms with Crippen molar-refractivity contribution in [1.29, 1.82) is 0 Å². The lowest BCUT2D eigenvalue weighted by atomic mass is 10.0. The summed E-state index contributed by atoms with van der Waals surface area (Å²) in [7, 11) is 0. The van der Waals surface area contributed by atoms with Crippen LogP contribution in [0.15, 0.2) is 78.9 Å². The van der Waals surface area contributed by atoms with Gasteiger partial charge in [0.05, 0.1) is 17.7 Å². The third-order valence-electron chi connectivity index (χ3n) is 5.14. The predicted octanol–water partition coefficient (Wildman–Crippen LogP) is 3.93. The molecule has 1 aliphatic heterocycles. The van der Waals surface area contributed by atoms with Crippen LogP contribution in [0, 0.1) is 0 Å². The first kappa shape index (κ1) is 20.3. The third-order valence-corrected chi connectivity index (χ3v) is 5.14. The fraction of sp³-hybridized carbons (Fsp3) is 0.160. The highest BCUT2D eigenvalue weighted by atomic mass is 16.5. The summed E-state index contributed by atoms with van der Waals surface area (Å²) in [5.74, 6) is -0.643. The number of ether oxygens (including phenoxy) is 1. The van der Waals surface area contributed by atoms with Gasteiger partial charge in [-0.15, -0.1) is 0 Å². The van der Waals surface area contributed by atoms with Crippen molar-refractivity contribution in [2.45, 2.75) is 19.4 Å². The number of hydrogen-bond acceptors (Lipinski definition) is 4. The monoisotopic (exact) mass is 414 g/mol. The van der Waals surface area contributed by atoms with Crippen LogP contribution < -0.4 is 10.1 Å². The van der Waals surface area contributed by atoms with Gasteiger partial charge in [0.25, 0.3) is 11.8 Å². The number of hydrogen-bond donors (Lipinski definition) is 1. The number of nitrogens with zero attached hydrogens (tertiary/aromatic N) is 1. The molecule has 6 heteroatoms. The van der Waals surface area contributed by atoms with Crippen LogP contribution in [0.4, 0.5) is 5.69 Å². The molecule has 1 heterocycles. The Morgan fingerprint density at radius 1 is 0.871 bits per heavy atom. The van der Waals surface area contributed by atoms with Gasteiger partial charge >= 0.3 is 0 Å². The molecule has 1 atom stereocenters. The molecule has 0 saturated carbocycles. The molecule has 1 N–H and O–H groups in total. The van der Waals surface area contributed by atoms with Crippen LogP contribution >= 0.6 is 0 Å². The van der Waals surface area contributed by atoms with E-state index in [1.54, 1.807) is 48.5 Å². The first-order valence-electron chi connectivity index (χ1n) is 10.1. The van der Waals surface area contributed by atoms with Crippen LogP contribution in [0.3, 0.4) is 0 Å². The average molecular weight is 414 g/mol. The van der Waals surface area contributed by atoms with E-state index in [4.69, 9.17) is 4.74 Å². The Hall–Kier alpha value is -3.93. The smallest absolute Gasteiger partial charge is 0.262 e. The summed E-state index contributed by atoms with van der Waals surface area (Å²) in [6.07, 6.45) is 0.217. The van der Waals surface area contributed by atoms with Crippen molar-refractivity contribution in [2.24, 2.45) is 0 Å². The Labute approximate surface area is 180 Å². The molecule has 6 nitrogen and oxygen atoms in total. The summed E-state index contributed by atoms with van der Waals surface area (Å²) >= 11 is 0. The van der Waals surface area contributed by atoms with Gasteiger partial charge in [-0.3, -0.25) is 19.3 Å². The number of carbonyl (C=O) groups excluding carboxylic acids is 3. The maximum Gasteiger partial charge on any atom is 0.262 e. The molecule has 4 rings (SSSR count). The first-order chi connectivity index (χ1) is 15.1. The summed E-state index contributed by atoms with van der Waals surface area (Å²) in [5.41, 5.74) is 2.05. The Morgan fingerprint density at radius 3 is 2.03 bits per heavy atom. The van der Waals surface area contributed by atoms with Crippen molar-refractivity contribution in [3.63, 3.8) is 0 Å². The molecule has 3 aromatic carbocycles. The van der Waals surface area contributed by atoms with Gasteiger partial charge < -0.3 is 10.1 Å². The summed E-state index contributed by atoms with van der Waals surface area (Å²) in [6, 6.07) is 22.0. The molecule has 0 bridgehead atoms. The van der Waals surface area contributed by atoms with E-state index in [0.717, 1.165) is 10.5 Å². The standard InChI is InChI=1S/C25H22N2O4/c1-2-31-19-14-12-18(13-15-19)26-23(28)22(16-17-8-4-3-5-9-17)27-24(29)20-10-6-7-11-21(20)25(27)30/h3-15,22H,2,16H2,1H3,(H,26,28)/t22-/m1/s1. The number of carbonyl (C=O) groups is 3. The highest BCUT2D eigenvalue weighted by Crippen LogP contribution is 2.27. The number of nitrogens with one attached hydrogen (secondary N) is 1. The molecule has 0 saturated heterocycles. The van der Waals surface area contributed by atoms with E-state index < -0.39 is 23.8 Å². The number of benzene rings is 3. The third kappa shape index (κ3) is 4.19. The second-order valence-electron chi connectivity index (χ2n) is 7.18. The van der Waals surface area contributed by atoms with E-state index in [-0.39, 0.29) is 6.42 Å². The van der Waals surface area contributed by atoms with Gasteiger partial charge in [0.2, 0.25) is 5.91 Å². The zero-order valence-electron chi connectivity index (χ0n) is 17.1. The maximum atomic E-state index is 13.3. The SMILES string of the molecule is CCOc1ccc(NC(=O)[C@@H](Cc2ccccc2)N2C(=O)c3ccccc3C2=O)cc1. The van der Waals surface area contributed by atoms with Gasteiger partial charge in [-0.2, -0.15) is 0 Å². The predicted molar refractivity (Wildman–Crippen MR) is 117 cm³/mol. The lowest BCUT2D eigenvalue weighted by molar-refractivity contribution is -0.119. The number of amides is 3. The van der Waals surface area contributed by atoms with E-state index >= 15 is 0 Å². The maximum absolute atomic E-state index is 13.3. The van der Waals surface area contributed by atoms with Crippen molar-refractivity contribution in [1.82, 2.24) is 4.90 Å². The van der Waals surface area contributed by atoms with E-state index in [2.05, 4.69) is 5.32 Å². The molecule has 0 aliphatic carbocycles. The fourth-order valence-corrected chi connectivity index (χ4v) is 3.66. The zero-order chi connectivity index (χ0) is 21.8. The minimum Gasteiger partial charge on any atom is -0.494 e. The van der Waals surface area contributed by atoms with E-state index in [1.807, 2.05) is 37.3 Å². The number of anilines is 1. The van der Waals surface area contributed by atoms with Crippen molar-refractivity contribution >= 4 is 23.4 Å². The number of rotatable bonds is 7. The molecule has 0 radical (unpaired) electrons. The lowest BCUT2D eigenvalue weighted by Gasteiger charge is -2.25. The molecule has 0 spiro atoms. The van der Waals surface area contributed by atoms with Crippen molar-refractivity contribution in [3.05, 3.63) is 95.6 Å². The molecule has 156 valence electrons. The second-order valence-corrected chi connectivity index (χ2v) is 7.18. The molecule has 3 amide bonds. The highest BCUT2D eigenvalue weighted by Gasteiger charge is 2.42. The number of fused-ring (bicyclic) bond motifs is 1. The minimum absolute atomic E-state index is 0.217. The quantitative estimate of drug-likeness (QED) is 0.595. The summed E-state index contributed by atoms with van der Waals surface area (Å²) in [5, 5.41) is 2.84. The van der Waals surface area contributed by atoms with Gasteiger partial charge in [0.1, 0.15) is 11.8 Å². The summed E-state index contributed by atoms with van der Waals surface area (Å²) < 4.78 is 5.43. The van der Waals surface area contributed by atoms with Crippen molar-refractivity contribution in [2.75, 3.05) is 11.9 Å². The summed E-state index contributed by atoms with van der Waals surface area (Å²) in [4.78, 5) is 40.4. The van der Waals surface area contributed by atoms with Crippen LogP contribution in [0.1, 0.15) is 33.2 Å². The van der Waals surface area contributed by atoms with E-state index in [0.29, 0.717) is 29.2 Å². The minimum atomic E-state index is -0.985. The molecule has 3 aromatic rings.